The maximum Gasteiger partial charge on any atom is 0.315 e. The highest BCUT2D eigenvalue weighted by Gasteiger charge is 2.19. The number of nitriles is 1. The zero-order valence-corrected chi connectivity index (χ0v) is 9.78. The van der Waals surface area contributed by atoms with Crippen LogP contribution in [0.15, 0.2) is 17.7 Å². The van der Waals surface area contributed by atoms with Crippen molar-refractivity contribution >= 4 is 17.7 Å². The van der Waals surface area contributed by atoms with E-state index in [1.807, 2.05) is 0 Å². The van der Waals surface area contributed by atoms with Crippen molar-refractivity contribution in [1.29, 1.82) is 5.26 Å². The Kier molecular flexibility index (Phi) is 4.05. The van der Waals surface area contributed by atoms with E-state index in [4.69, 9.17) is 15.7 Å². The second kappa shape index (κ2) is 5.50. The van der Waals surface area contributed by atoms with Crippen molar-refractivity contribution in [3.63, 3.8) is 0 Å². The number of nitro groups is 1. The number of nitrogens with two attached hydrogens (primary N) is 1. The highest BCUT2D eigenvalue weighted by molar-refractivity contribution is 6.00. The molecule has 3 N–H and O–H groups in total. The third-order valence-electron chi connectivity index (χ3n) is 2.19. The van der Waals surface area contributed by atoms with E-state index >= 15 is 0 Å². The highest BCUT2D eigenvalue weighted by Crippen LogP contribution is 2.37. The standard InChI is InChI=1S/C11H9N3O5/c1-19-9-4-6(2-7(5-12)11(13)16)3-8(10(9)15)14(17)18/h2-4,15H,1H3,(H2,13,16)/b7-2+. The molecule has 8 nitrogen and oxygen atoms in total. The van der Waals surface area contributed by atoms with Gasteiger partial charge in [-0.2, -0.15) is 5.26 Å². The Balaban J connectivity index is 3.47. The molecule has 0 saturated heterocycles. The normalized spacial score (nSPS) is 10.6. The van der Waals surface area contributed by atoms with Gasteiger partial charge in [-0.25, -0.2) is 0 Å². The summed E-state index contributed by atoms with van der Waals surface area (Å²) < 4.78 is 4.77. The lowest BCUT2D eigenvalue weighted by atomic mass is 10.1. The number of carbonyl (C=O) groups excluding carboxylic acids is 1. The van der Waals surface area contributed by atoms with Crippen LogP contribution >= 0.6 is 0 Å². The van der Waals surface area contributed by atoms with E-state index in [1.54, 1.807) is 6.07 Å². The number of aromatic hydroxyl groups is 1. The summed E-state index contributed by atoms with van der Waals surface area (Å²) in [5.74, 6) is -1.75. The molecule has 0 fully saturated rings. The van der Waals surface area contributed by atoms with Crippen molar-refractivity contribution < 1.29 is 19.6 Å². The zero-order valence-electron chi connectivity index (χ0n) is 9.78. The molecule has 0 saturated carbocycles. The number of nitrogens with zero attached hydrogens (tertiary/aromatic N) is 2. The number of nitro benzene ring substituents is 1. The van der Waals surface area contributed by atoms with Crippen LogP contribution in [-0.4, -0.2) is 23.0 Å². The summed E-state index contributed by atoms with van der Waals surface area (Å²) in [5.41, 5.74) is 4.11. The number of phenols is 1. The molecule has 0 aliphatic rings. The van der Waals surface area contributed by atoms with E-state index in [2.05, 4.69) is 0 Å². The number of ether oxygens (including phenoxy) is 1. The van der Waals surface area contributed by atoms with Gasteiger partial charge < -0.3 is 15.6 Å². The number of benzene rings is 1. The molecule has 1 amide bonds. The van der Waals surface area contributed by atoms with Gasteiger partial charge in [0.2, 0.25) is 5.75 Å². The number of carbonyl (C=O) groups is 1. The Hall–Kier alpha value is -3.08. The second-order valence-electron chi connectivity index (χ2n) is 3.38. The van der Waals surface area contributed by atoms with E-state index in [1.165, 1.54) is 13.2 Å². The number of phenolic OH excluding ortho intramolecular Hbond substituents is 1. The number of amides is 1. The maximum atomic E-state index is 10.9. The first-order chi connectivity index (χ1) is 8.90. The molecule has 0 spiro atoms. The summed E-state index contributed by atoms with van der Waals surface area (Å²) >= 11 is 0. The van der Waals surface area contributed by atoms with Crippen molar-refractivity contribution in [2.24, 2.45) is 5.73 Å². The van der Waals surface area contributed by atoms with Crippen LogP contribution in [0.4, 0.5) is 5.69 Å². The van der Waals surface area contributed by atoms with Crippen LogP contribution in [0, 0.1) is 21.4 Å². The molecule has 1 aromatic carbocycles. The summed E-state index contributed by atoms with van der Waals surface area (Å²) in [4.78, 5) is 20.8. The molecule has 0 aromatic heterocycles. The van der Waals surface area contributed by atoms with Crippen LogP contribution < -0.4 is 10.5 Å². The van der Waals surface area contributed by atoms with Crippen molar-refractivity contribution in [3.8, 4) is 17.6 Å². The Labute approximate surface area is 107 Å². The van der Waals surface area contributed by atoms with Gasteiger partial charge in [-0.3, -0.25) is 14.9 Å². The molecule has 0 heterocycles. The Morgan fingerprint density at radius 1 is 1.63 bits per heavy atom. The van der Waals surface area contributed by atoms with E-state index in [-0.39, 0.29) is 16.9 Å². The smallest absolute Gasteiger partial charge is 0.315 e. The predicted molar refractivity (Wildman–Crippen MR) is 64.1 cm³/mol. The molecule has 0 unspecified atom stereocenters. The van der Waals surface area contributed by atoms with Crippen LogP contribution in [0.2, 0.25) is 0 Å². The molecule has 19 heavy (non-hydrogen) atoms. The minimum absolute atomic E-state index is 0.136. The number of primary amides is 1. The average Bonchev–Trinajstić information content (AvgIpc) is 2.36. The van der Waals surface area contributed by atoms with Crippen LogP contribution in [-0.2, 0) is 4.79 Å². The number of rotatable bonds is 4. The molecule has 98 valence electrons. The van der Waals surface area contributed by atoms with Gasteiger partial charge in [-0.15, -0.1) is 0 Å². The quantitative estimate of drug-likeness (QED) is 0.354. The third kappa shape index (κ3) is 2.98. The summed E-state index contributed by atoms with van der Waals surface area (Å²) in [7, 11) is 1.21. The molecule has 0 aliphatic carbocycles. The molecule has 8 heteroatoms. The lowest BCUT2D eigenvalue weighted by Gasteiger charge is -2.05. The topological polar surface area (TPSA) is 139 Å². The highest BCUT2D eigenvalue weighted by atomic mass is 16.6. The van der Waals surface area contributed by atoms with Gasteiger partial charge in [0, 0.05) is 6.07 Å². The van der Waals surface area contributed by atoms with Crippen molar-refractivity contribution in [2.45, 2.75) is 0 Å². The summed E-state index contributed by atoms with van der Waals surface area (Å²) in [6.07, 6.45) is 1.07. The van der Waals surface area contributed by atoms with Crippen LogP contribution in [0.3, 0.4) is 0 Å². The fraction of sp³-hybridized carbons (Fsp3) is 0.0909. The number of hydrogen-bond acceptors (Lipinski definition) is 6. The molecule has 0 bridgehead atoms. The minimum Gasteiger partial charge on any atom is -0.500 e. The van der Waals surface area contributed by atoms with E-state index in [0.29, 0.717) is 0 Å². The molecular weight excluding hydrogens is 254 g/mol. The Bertz CT molecular complexity index is 615. The third-order valence-corrected chi connectivity index (χ3v) is 2.19. The number of hydrogen-bond donors (Lipinski definition) is 2. The summed E-state index contributed by atoms with van der Waals surface area (Å²) in [5, 5.41) is 29.0. The van der Waals surface area contributed by atoms with Gasteiger partial charge in [-0.1, -0.05) is 0 Å². The van der Waals surface area contributed by atoms with Gasteiger partial charge >= 0.3 is 5.69 Å². The molecular formula is C11H9N3O5. The monoisotopic (exact) mass is 263 g/mol. The fourth-order valence-corrected chi connectivity index (χ4v) is 1.32. The van der Waals surface area contributed by atoms with Crippen LogP contribution in [0.1, 0.15) is 5.56 Å². The van der Waals surface area contributed by atoms with Gasteiger partial charge in [0.1, 0.15) is 11.6 Å². The molecule has 1 rings (SSSR count). The molecule has 0 radical (unpaired) electrons. The lowest BCUT2D eigenvalue weighted by Crippen LogP contribution is -2.12. The van der Waals surface area contributed by atoms with Crippen LogP contribution in [0.25, 0.3) is 6.08 Å². The molecule has 1 aromatic rings. The van der Waals surface area contributed by atoms with Gasteiger partial charge in [0.25, 0.3) is 5.91 Å². The first kappa shape index (κ1) is 14.0. The first-order valence-electron chi connectivity index (χ1n) is 4.87. The Morgan fingerprint density at radius 2 is 2.26 bits per heavy atom. The van der Waals surface area contributed by atoms with Gasteiger partial charge in [0.05, 0.1) is 12.0 Å². The zero-order chi connectivity index (χ0) is 14.6. The minimum atomic E-state index is -0.961. The Morgan fingerprint density at radius 3 is 2.68 bits per heavy atom. The predicted octanol–water partition coefficient (Wildman–Crippen LogP) is 0.701. The van der Waals surface area contributed by atoms with E-state index < -0.39 is 22.3 Å². The van der Waals surface area contributed by atoms with E-state index in [0.717, 1.165) is 12.1 Å². The molecule has 0 atom stereocenters. The van der Waals surface area contributed by atoms with Crippen molar-refractivity contribution in [2.75, 3.05) is 7.11 Å². The van der Waals surface area contributed by atoms with Gasteiger partial charge in [-0.05, 0) is 17.7 Å². The lowest BCUT2D eigenvalue weighted by molar-refractivity contribution is -0.386. The van der Waals surface area contributed by atoms with Crippen molar-refractivity contribution in [3.05, 3.63) is 33.4 Å². The first-order valence-corrected chi connectivity index (χ1v) is 4.87. The van der Waals surface area contributed by atoms with Crippen molar-refractivity contribution in [1.82, 2.24) is 0 Å². The largest absolute Gasteiger partial charge is 0.500 e. The molecule has 0 aliphatic heterocycles. The second-order valence-corrected chi connectivity index (χ2v) is 3.38. The summed E-state index contributed by atoms with van der Waals surface area (Å²) in [6, 6.07) is 3.80. The average molecular weight is 263 g/mol. The SMILES string of the molecule is COc1cc(/C=C(\C#N)C(N)=O)cc([N+](=O)[O-])c1O. The summed E-state index contributed by atoms with van der Waals surface area (Å²) in [6.45, 7) is 0. The van der Waals surface area contributed by atoms with E-state index in [9.17, 15) is 20.0 Å². The fourth-order valence-electron chi connectivity index (χ4n) is 1.32. The number of methoxy groups -OCH3 is 1. The van der Waals surface area contributed by atoms with Gasteiger partial charge in [0.15, 0.2) is 5.75 Å². The maximum absolute atomic E-state index is 10.9. The van der Waals surface area contributed by atoms with Crippen LogP contribution in [0.5, 0.6) is 11.5 Å².